The van der Waals surface area contributed by atoms with E-state index in [-0.39, 0.29) is 34.6 Å². The Morgan fingerprint density at radius 3 is 2.72 bits per heavy atom. The molecule has 3 aliphatic rings. The average Bonchev–Trinajstić information content (AvgIpc) is 3.08. The molecular formula is C19H23ClN4O4S. The first kappa shape index (κ1) is 19.1. The van der Waals surface area contributed by atoms with Gasteiger partial charge in [-0.15, -0.1) is 22.9 Å². The summed E-state index contributed by atoms with van der Waals surface area (Å²) in [7, 11) is 0. The van der Waals surface area contributed by atoms with Gasteiger partial charge in [-0.25, -0.2) is 9.59 Å². The molecule has 3 fully saturated rings. The topological polar surface area (TPSA) is 85.6 Å². The zero-order valence-corrected chi connectivity index (χ0v) is 17.7. The van der Waals surface area contributed by atoms with E-state index in [1.807, 2.05) is 6.92 Å². The van der Waals surface area contributed by atoms with E-state index in [1.54, 1.807) is 9.47 Å². The summed E-state index contributed by atoms with van der Waals surface area (Å²) in [4.78, 5) is 41.9. The second-order valence-corrected chi connectivity index (χ2v) is 9.75. The fraction of sp³-hybridized carbons (Fsp3) is 0.632. The first-order valence-corrected chi connectivity index (χ1v) is 11.2. The average molecular weight is 439 g/mol. The molecule has 3 atom stereocenters. The minimum Gasteiger partial charge on any atom is -0.381 e. The number of aryl methyl sites for hydroxylation is 1. The zero-order chi connectivity index (χ0) is 20.3. The fourth-order valence-corrected chi connectivity index (χ4v) is 5.86. The molecule has 0 bridgehead atoms. The van der Waals surface area contributed by atoms with Crippen LogP contribution in [0.4, 0.5) is 4.79 Å². The number of nitrogens with zero attached hydrogens (tertiary/aromatic N) is 3. The van der Waals surface area contributed by atoms with Crippen molar-refractivity contribution in [1.29, 1.82) is 0 Å². The highest BCUT2D eigenvalue weighted by atomic mass is 35.5. The van der Waals surface area contributed by atoms with Gasteiger partial charge in [0.05, 0.1) is 30.0 Å². The van der Waals surface area contributed by atoms with Gasteiger partial charge < -0.3 is 15.0 Å². The predicted molar refractivity (Wildman–Crippen MR) is 111 cm³/mol. The van der Waals surface area contributed by atoms with Crippen molar-refractivity contribution in [3.8, 4) is 0 Å². The third-order valence-corrected chi connectivity index (χ3v) is 7.87. The Labute approximate surface area is 176 Å². The maximum absolute atomic E-state index is 13.3. The monoisotopic (exact) mass is 438 g/mol. The minimum atomic E-state index is -0.283. The van der Waals surface area contributed by atoms with Crippen LogP contribution < -0.4 is 16.6 Å². The smallest absolute Gasteiger partial charge is 0.332 e. The molecule has 1 saturated carbocycles. The standard InChI is InChI=1S/C19H23ClN4O4S/c1-10-14(8-22-4-3-21-18(22)26)29-17-15(10)16(25)24(13-6-12(13)20)19(27)23(17)7-11-2-5-28-9-11/h11-13H,2-9H2,1H3,(H,21,26). The van der Waals surface area contributed by atoms with E-state index in [1.165, 1.54) is 15.9 Å². The first-order chi connectivity index (χ1) is 14.0. The molecule has 2 saturated heterocycles. The second-order valence-electron chi connectivity index (χ2n) is 8.10. The van der Waals surface area contributed by atoms with Gasteiger partial charge in [0.15, 0.2) is 0 Å². The molecule has 29 heavy (non-hydrogen) atoms. The molecule has 0 aromatic carbocycles. The van der Waals surface area contributed by atoms with Crippen LogP contribution in [0.1, 0.15) is 29.3 Å². The van der Waals surface area contributed by atoms with Crippen molar-refractivity contribution in [2.75, 3.05) is 26.3 Å². The number of hydrogen-bond donors (Lipinski definition) is 1. The van der Waals surface area contributed by atoms with Crippen LogP contribution in [0, 0.1) is 12.8 Å². The number of ether oxygens (including phenoxy) is 1. The zero-order valence-electron chi connectivity index (χ0n) is 16.1. The molecule has 10 heteroatoms. The van der Waals surface area contributed by atoms with Crippen LogP contribution in [-0.4, -0.2) is 51.7 Å². The number of amides is 2. The van der Waals surface area contributed by atoms with E-state index in [0.717, 1.165) is 16.9 Å². The predicted octanol–water partition coefficient (Wildman–Crippen LogP) is 1.65. The van der Waals surface area contributed by atoms with E-state index < -0.39 is 0 Å². The third kappa shape index (κ3) is 3.19. The number of fused-ring (bicyclic) bond motifs is 1. The summed E-state index contributed by atoms with van der Waals surface area (Å²) in [6.45, 7) is 5.47. The Kier molecular flexibility index (Phi) is 4.71. The molecule has 2 amide bonds. The number of alkyl halides is 1. The summed E-state index contributed by atoms with van der Waals surface area (Å²) in [6.07, 6.45) is 1.54. The lowest BCUT2D eigenvalue weighted by molar-refractivity contribution is 0.182. The lowest BCUT2D eigenvalue weighted by atomic mass is 10.1. The van der Waals surface area contributed by atoms with Crippen LogP contribution in [0.15, 0.2) is 9.59 Å². The van der Waals surface area contributed by atoms with E-state index >= 15 is 0 Å². The first-order valence-electron chi connectivity index (χ1n) is 9.97. The van der Waals surface area contributed by atoms with Gasteiger partial charge >= 0.3 is 11.7 Å². The number of rotatable bonds is 5. The summed E-state index contributed by atoms with van der Waals surface area (Å²) in [6, 6.07) is -0.332. The van der Waals surface area contributed by atoms with Crippen LogP contribution in [0.25, 0.3) is 10.2 Å². The molecule has 4 heterocycles. The minimum absolute atomic E-state index is 0.0947. The fourth-order valence-electron chi connectivity index (χ4n) is 4.25. The van der Waals surface area contributed by atoms with Gasteiger partial charge in [0, 0.05) is 37.0 Å². The Morgan fingerprint density at radius 2 is 2.10 bits per heavy atom. The van der Waals surface area contributed by atoms with Gasteiger partial charge in [0.2, 0.25) is 0 Å². The number of hydrogen-bond acceptors (Lipinski definition) is 5. The molecular weight excluding hydrogens is 416 g/mol. The summed E-state index contributed by atoms with van der Waals surface area (Å²) in [5, 5.41) is 3.21. The second kappa shape index (κ2) is 7.14. The van der Waals surface area contributed by atoms with Crippen molar-refractivity contribution < 1.29 is 9.53 Å². The molecule has 3 unspecified atom stereocenters. The van der Waals surface area contributed by atoms with Gasteiger partial charge in [-0.1, -0.05) is 0 Å². The summed E-state index contributed by atoms with van der Waals surface area (Å²) < 4.78 is 8.58. The van der Waals surface area contributed by atoms with Gasteiger partial charge in [0.1, 0.15) is 4.83 Å². The van der Waals surface area contributed by atoms with Crippen LogP contribution in [0.5, 0.6) is 0 Å². The van der Waals surface area contributed by atoms with Crippen molar-refractivity contribution in [3.05, 3.63) is 31.3 Å². The number of nitrogens with one attached hydrogen (secondary N) is 1. The maximum atomic E-state index is 13.3. The number of thiophene rings is 1. The van der Waals surface area contributed by atoms with Crippen molar-refractivity contribution >= 4 is 39.2 Å². The summed E-state index contributed by atoms with van der Waals surface area (Å²) >= 11 is 7.65. The number of halogens is 1. The Morgan fingerprint density at radius 1 is 1.31 bits per heavy atom. The van der Waals surface area contributed by atoms with Gasteiger partial charge in [-0.05, 0) is 25.3 Å². The molecule has 156 valence electrons. The molecule has 8 nitrogen and oxygen atoms in total. The SMILES string of the molecule is Cc1c(CN2CCNC2=O)sc2c1c(=O)n(C1CC1Cl)c(=O)n2CC1CCOC1. The van der Waals surface area contributed by atoms with Crippen LogP contribution in [0.2, 0.25) is 0 Å². The molecule has 1 N–H and O–H groups in total. The third-order valence-electron chi connectivity index (χ3n) is 6.10. The van der Waals surface area contributed by atoms with Crippen LogP contribution in [-0.2, 0) is 17.8 Å². The number of urea groups is 1. The normalized spacial score (nSPS) is 26.5. The Balaban J connectivity index is 1.65. The highest BCUT2D eigenvalue weighted by Crippen LogP contribution is 2.40. The van der Waals surface area contributed by atoms with Crippen molar-refractivity contribution in [3.63, 3.8) is 0 Å². The largest absolute Gasteiger partial charge is 0.381 e. The van der Waals surface area contributed by atoms with E-state index in [9.17, 15) is 14.4 Å². The van der Waals surface area contributed by atoms with Crippen molar-refractivity contribution in [2.45, 2.75) is 44.3 Å². The van der Waals surface area contributed by atoms with E-state index in [4.69, 9.17) is 16.3 Å². The van der Waals surface area contributed by atoms with E-state index in [2.05, 4.69) is 5.32 Å². The maximum Gasteiger partial charge on any atom is 0.332 e. The molecule has 2 aromatic rings. The highest BCUT2D eigenvalue weighted by Gasteiger charge is 2.40. The summed E-state index contributed by atoms with van der Waals surface area (Å²) in [5.74, 6) is 0.253. The lowest BCUT2D eigenvalue weighted by Gasteiger charge is -2.14. The van der Waals surface area contributed by atoms with Crippen molar-refractivity contribution in [1.82, 2.24) is 19.4 Å². The molecule has 0 spiro atoms. The van der Waals surface area contributed by atoms with Gasteiger partial charge in [0.25, 0.3) is 5.56 Å². The quantitative estimate of drug-likeness (QED) is 0.719. The molecule has 2 aliphatic heterocycles. The highest BCUT2D eigenvalue weighted by molar-refractivity contribution is 7.18. The lowest BCUT2D eigenvalue weighted by Crippen LogP contribution is -2.40. The molecule has 1 aliphatic carbocycles. The molecule has 2 aromatic heterocycles. The Hall–Kier alpha value is -1.84. The number of carbonyl (C=O) groups is 1. The van der Waals surface area contributed by atoms with E-state index in [0.29, 0.717) is 56.0 Å². The number of carbonyl (C=O) groups excluding carboxylic acids is 1. The van der Waals surface area contributed by atoms with Gasteiger partial charge in [-0.2, -0.15) is 0 Å². The molecule has 5 rings (SSSR count). The summed E-state index contributed by atoms with van der Waals surface area (Å²) in [5.41, 5.74) is 0.309. The van der Waals surface area contributed by atoms with Crippen molar-refractivity contribution in [2.24, 2.45) is 5.92 Å². The van der Waals surface area contributed by atoms with Crippen LogP contribution >= 0.6 is 22.9 Å². The van der Waals surface area contributed by atoms with Crippen LogP contribution in [0.3, 0.4) is 0 Å². The number of aromatic nitrogens is 2. The Bertz CT molecular complexity index is 1100. The molecule has 0 radical (unpaired) electrons. The van der Waals surface area contributed by atoms with Gasteiger partial charge in [-0.3, -0.25) is 13.9 Å².